The van der Waals surface area contributed by atoms with Crippen molar-refractivity contribution in [3.8, 4) is 5.75 Å². The van der Waals surface area contributed by atoms with Crippen molar-refractivity contribution >= 4 is 0 Å². The summed E-state index contributed by atoms with van der Waals surface area (Å²) in [6.07, 6.45) is 10.3. The van der Waals surface area contributed by atoms with E-state index < -0.39 is 0 Å². The molecular weight excluding hydrogens is 248 g/mol. The van der Waals surface area contributed by atoms with Gasteiger partial charge in [-0.05, 0) is 24.5 Å². The van der Waals surface area contributed by atoms with Gasteiger partial charge in [0.2, 0.25) is 0 Å². The highest BCUT2D eigenvalue weighted by atomic mass is 16.3. The van der Waals surface area contributed by atoms with Crippen LogP contribution < -0.4 is 11.5 Å². The number of hydrogen-bond donors (Lipinski definition) is 3. The molecule has 116 valence electrons. The average molecular weight is 280 g/mol. The van der Waals surface area contributed by atoms with Crippen molar-refractivity contribution in [3.05, 3.63) is 29.8 Å². The van der Waals surface area contributed by atoms with Gasteiger partial charge in [-0.1, -0.05) is 63.6 Å². The Morgan fingerprint density at radius 2 is 1.40 bits per heavy atom. The molecule has 5 N–H and O–H groups in total. The van der Waals surface area contributed by atoms with E-state index in [1.165, 1.54) is 44.9 Å². The molecule has 1 aromatic rings. The first-order valence-corrected chi connectivity index (χ1v) is 7.93. The van der Waals surface area contributed by atoms with Crippen molar-refractivity contribution in [2.24, 2.45) is 11.5 Å². The van der Waals surface area contributed by atoms with Gasteiger partial charge in [-0.25, -0.2) is 0 Å². The number of phenols is 1. The summed E-state index contributed by atoms with van der Waals surface area (Å²) < 4.78 is 0. The molecule has 3 nitrogen and oxygen atoms in total. The first-order valence-electron chi connectivity index (χ1n) is 7.93. The Morgan fingerprint density at radius 3 is 1.95 bits per heavy atom. The van der Waals surface area contributed by atoms with Crippen LogP contribution in [0.2, 0.25) is 0 Å². The molecule has 1 rings (SSSR count). The molecular formula is C17H32N2O. The molecule has 0 aliphatic heterocycles. The zero-order valence-electron chi connectivity index (χ0n) is 13.0. The van der Waals surface area contributed by atoms with Crippen molar-refractivity contribution < 1.29 is 5.11 Å². The highest BCUT2D eigenvalue weighted by Crippen LogP contribution is 2.18. The molecule has 3 heteroatoms. The van der Waals surface area contributed by atoms with Crippen molar-refractivity contribution in [3.63, 3.8) is 0 Å². The Labute approximate surface area is 124 Å². The third-order valence-electron chi connectivity index (χ3n) is 3.21. The van der Waals surface area contributed by atoms with E-state index in [2.05, 4.69) is 6.92 Å². The quantitative estimate of drug-likeness (QED) is 0.605. The van der Waals surface area contributed by atoms with Crippen LogP contribution in [-0.4, -0.2) is 18.2 Å². The first-order chi connectivity index (χ1) is 9.76. The number of hydrogen-bond acceptors (Lipinski definition) is 3. The van der Waals surface area contributed by atoms with Crippen LogP contribution in [0, 0.1) is 0 Å². The van der Waals surface area contributed by atoms with Gasteiger partial charge in [-0.15, -0.1) is 0 Å². The highest BCUT2D eigenvalue weighted by molar-refractivity contribution is 5.31. The maximum atomic E-state index is 9.58. The molecule has 0 saturated carbocycles. The summed E-state index contributed by atoms with van der Waals surface area (Å²) in [6, 6.07) is 7.67. The van der Waals surface area contributed by atoms with Gasteiger partial charge in [0.15, 0.2) is 0 Å². The largest absolute Gasteiger partial charge is 0.508 e. The Morgan fingerprint density at radius 1 is 0.850 bits per heavy atom. The zero-order valence-corrected chi connectivity index (χ0v) is 13.0. The van der Waals surface area contributed by atoms with Gasteiger partial charge in [0.1, 0.15) is 5.75 Å². The Bertz CT molecular complexity index is 314. The van der Waals surface area contributed by atoms with Crippen LogP contribution in [0.25, 0.3) is 0 Å². The summed E-state index contributed by atoms with van der Waals surface area (Å²) in [5, 5.41) is 9.58. The standard InChI is InChI=1S/C15H24O.C2H8N2/c1-2-3-4-5-6-7-8-11-14-12-9-10-13-15(14)16;3-1-2-4/h9-10,12-13,16H,2-8,11H2,1H3;1-4H2. The van der Waals surface area contributed by atoms with Gasteiger partial charge >= 0.3 is 0 Å². The van der Waals surface area contributed by atoms with Gasteiger partial charge < -0.3 is 16.6 Å². The summed E-state index contributed by atoms with van der Waals surface area (Å²) in [5.41, 5.74) is 10.9. The molecule has 1 aromatic carbocycles. The molecule has 0 bridgehead atoms. The molecule has 0 unspecified atom stereocenters. The molecule has 20 heavy (non-hydrogen) atoms. The van der Waals surface area contributed by atoms with Gasteiger partial charge in [-0.3, -0.25) is 0 Å². The van der Waals surface area contributed by atoms with E-state index in [0.29, 0.717) is 18.8 Å². The zero-order chi connectivity index (χ0) is 15.1. The van der Waals surface area contributed by atoms with E-state index in [0.717, 1.165) is 12.0 Å². The van der Waals surface area contributed by atoms with Crippen LogP contribution in [0.1, 0.15) is 57.4 Å². The molecule has 0 atom stereocenters. The van der Waals surface area contributed by atoms with Crippen molar-refractivity contribution in [2.75, 3.05) is 13.1 Å². The molecule has 0 aromatic heterocycles. The third-order valence-corrected chi connectivity index (χ3v) is 3.21. The molecule has 0 radical (unpaired) electrons. The lowest BCUT2D eigenvalue weighted by Crippen LogP contribution is -2.11. The summed E-state index contributed by atoms with van der Waals surface area (Å²) in [6.45, 7) is 3.44. The van der Waals surface area contributed by atoms with E-state index in [9.17, 15) is 5.11 Å². The van der Waals surface area contributed by atoms with Gasteiger partial charge in [-0.2, -0.15) is 0 Å². The fraction of sp³-hybridized carbons (Fsp3) is 0.647. The van der Waals surface area contributed by atoms with E-state index in [1.807, 2.05) is 18.2 Å². The Hall–Kier alpha value is -1.06. The number of phenolic OH excluding ortho intramolecular Hbond substituents is 1. The van der Waals surface area contributed by atoms with Gasteiger partial charge in [0, 0.05) is 13.1 Å². The van der Waals surface area contributed by atoms with Crippen LogP contribution in [0.3, 0.4) is 0 Å². The Kier molecular flexibility index (Phi) is 13.6. The molecule has 0 aliphatic carbocycles. The average Bonchev–Trinajstić information content (AvgIpc) is 2.48. The molecule has 0 amide bonds. The summed E-state index contributed by atoms with van der Waals surface area (Å²) >= 11 is 0. The lowest BCUT2D eigenvalue weighted by Gasteiger charge is -2.04. The number of unbranched alkanes of at least 4 members (excludes halogenated alkanes) is 6. The van der Waals surface area contributed by atoms with Crippen LogP contribution >= 0.6 is 0 Å². The number of para-hydroxylation sites is 1. The number of rotatable bonds is 9. The van der Waals surface area contributed by atoms with Gasteiger partial charge in [0.05, 0.1) is 0 Å². The number of nitrogens with two attached hydrogens (primary N) is 2. The number of aromatic hydroxyl groups is 1. The van der Waals surface area contributed by atoms with E-state index in [4.69, 9.17) is 11.5 Å². The van der Waals surface area contributed by atoms with Crippen molar-refractivity contribution in [2.45, 2.75) is 58.3 Å². The van der Waals surface area contributed by atoms with Crippen LogP contribution in [0.5, 0.6) is 5.75 Å². The third kappa shape index (κ3) is 10.8. The summed E-state index contributed by atoms with van der Waals surface area (Å²) in [5.74, 6) is 0.452. The van der Waals surface area contributed by atoms with Crippen LogP contribution in [0.4, 0.5) is 0 Å². The fourth-order valence-electron chi connectivity index (χ4n) is 1.99. The van der Waals surface area contributed by atoms with Crippen molar-refractivity contribution in [1.82, 2.24) is 0 Å². The minimum absolute atomic E-state index is 0.452. The number of aryl methyl sites for hydroxylation is 1. The minimum atomic E-state index is 0.452. The lowest BCUT2D eigenvalue weighted by atomic mass is 10.0. The van der Waals surface area contributed by atoms with E-state index in [1.54, 1.807) is 6.07 Å². The molecule has 0 fully saturated rings. The number of benzene rings is 1. The monoisotopic (exact) mass is 280 g/mol. The minimum Gasteiger partial charge on any atom is -0.508 e. The molecule has 0 spiro atoms. The molecule has 0 heterocycles. The SMILES string of the molecule is CCCCCCCCCc1ccccc1O.NCCN. The molecule has 0 saturated heterocycles. The fourth-order valence-corrected chi connectivity index (χ4v) is 1.99. The van der Waals surface area contributed by atoms with Gasteiger partial charge in [0.25, 0.3) is 0 Å². The van der Waals surface area contributed by atoms with E-state index >= 15 is 0 Å². The van der Waals surface area contributed by atoms with E-state index in [-0.39, 0.29) is 0 Å². The predicted octanol–water partition coefficient (Wildman–Crippen LogP) is 3.59. The van der Waals surface area contributed by atoms with Crippen molar-refractivity contribution in [1.29, 1.82) is 0 Å². The maximum absolute atomic E-state index is 9.58. The topological polar surface area (TPSA) is 72.3 Å². The van der Waals surface area contributed by atoms with Crippen LogP contribution in [0.15, 0.2) is 24.3 Å². The summed E-state index contributed by atoms with van der Waals surface area (Å²) in [7, 11) is 0. The second kappa shape index (κ2) is 14.4. The second-order valence-corrected chi connectivity index (χ2v) is 5.08. The molecule has 0 aliphatic rings. The lowest BCUT2D eigenvalue weighted by molar-refractivity contribution is 0.466. The highest BCUT2D eigenvalue weighted by Gasteiger charge is 1.98. The normalized spacial score (nSPS) is 9.95. The first kappa shape index (κ1) is 18.9. The predicted molar refractivity (Wildman–Crippen MR) is 87.9 cm³/mol. The second-order valence-electron chi connectivity index (χ2n) is 5.08. The smallest absolute Gasteiger partial charge is 0.118 e. The summed E-state index contributed by atoms with van der Waals surface area (Å²) in [4.78, 5) is 0. The van der Waals surface area contributed by atoms with Crippen LogP contribution in [-0.2, 0) is 6.42 Å². The maximum Gasteiger partial charge on any atom is 0.118 e. The Balaban J connectivity index is 0.000000796.